The maximum absolute atomic E-state index is 12.1. The van der Waals surface area contributed by atoms with E-state index in [1.807, 2.05) is 22.8 Å². The van der Waals surface area contributed by atoms with E-state index in [4.69, 9.17) is 17.0 Å². The topological polar surface area (TPSA) is 34.5 Å². The molecule has 0 spiro atoms. The lowest BCUT2D eigenvalue weighted by molar-refractivity contribution is -0.141. The number of benzene rings is 2. The predicted molar refractivity (Wildman–Crippen MR) is 119 cm³/mol. The third-order valence-electron chi connectivity index (χ3n) is 4.98. The van der Waals surface area contributed by atoms with Gasteiger partial charge in [0.05, 0.1) is 12.8 Å². The minimum atomic E-state index is -0.267. The molecular weight excluding hydrogens is 471 g/mol. The minimum Gasteiger partial charge on any atom is -0.468 e. The summed E-state index contributed by atoms with van der Waals surface area (Å²) in [5.74, 6) is -0.267. The van der Waals surface area contributed by atoms with Gasteiger partial charge in [-0.05, 0) is 58.3 Å². The van der Waals surface area contributed by atoms with E-state index in [9.17, 15) is 4.79 Å². The highest BCUT2D eigenvalue weighted by Gasteiger charge is 2.29. The molecule has 0 N–H and O–H groups in total. The Labute approximate surface area is 177 Å². The van der Waals surface area contributed by atoms with Gasteiger partial charge in [-0.2, -0.15) is 0 Å². The molecule has 1 aliphatic rings. The molecule has 0 fully saturated rings. The Morgan fingerprint density at radius 2 is 2.00 bits per heavy atom. The fourth-order valence-corrected chi connectivity index (χ4v) is 4.58. The summed E-state index contributed by atoms with van der Waals surface area (Å²) in [5.41, 5.74) is 4.49. The molecule has 0 unspecified atom stereocenters. The number of aromatic nitrogens is 1. The van der Waals surface area contributed by atoms with Crippen molar-refractivity contribution in [3.63, 3.8) is 0 Å². The van der Waals surface area contributed by atoms with Crippen LogP contribution in [0.4, 0.5) is 0 Å². The van der Waals surface area contributed by atoms with Gasteiger partial charge in [0.15, 0.2) is 0 Å². The third kappa shape index (κ3) is 3.48. The number of esters is 1. The first-order valence-corrected chi connectivity index (χ1v) is 10.3. The van der Waals surface area contributed by atoms with E-state index >= 15 is 0 Å². The summed E-state index contributed by atoms with van der Waals surface area (Å²) >= 11 is 8.21. The van der Waals surface area contributed by atoms with Crippen molar-refractivity contribution in [1.82, 2.24) is 9.47 Å². The van der Waals surface area contributed by atoms with Crippen LogP contribution in [0.25, 0.3) is 10.9 Å². The van der Waals surface area contributed by atoms with Crippen LogP contribution in [0.15, 0.2) is 48.5 Å². The summed E-state index contributed by atoms with van der Waals surface area (Å²) in [6.45, 7) is 1.82. The number of hydrogen-bond donors (Lipinski definition) is 0. The molecule has 0 radical (unpaired) electrons. The lowest BCUT2D eigenvalue weighted by Crippen LogP contribution is -2.37. The number of carbonyl (C=O) groups excluding carboxylic acids is 1. The molecule has 1 aliphatic heterocycles. The predicted octanol–water partition coefficient (Wildman–Crippen LogP) is 4.15. The van der Waals surface area contributed by atoms with Crippen molar-refractivity contribution in [3.05, 3.63) is 68.9 Å². The number of fused-ring (bicyclic) bond motifs is 3. The van der Waals surface area contributed by atoms with Gasteiger partial charge >= 0.3 is 5.97 Å². The maximum Gasteiger partial charge on any atom is 0.325 e. The number of rotatable bonds is 4. The van der Waals surface area contributed by atoms with E-state index < -0.39 is 0 Å². The van der Waals surface area contributed by atoms with E-state index in [1.54, 1.807) is 0 Å². The summed E-state index contributed by atoms with van der Waals surface area (Å²) in [5, 5.41) is 1.18. The van der Waals surface area contributed by atoms with Gasteiger partial charge in [-0.25, -0.2) is 0 Å². The molecule has 0 atom stereocenters. The van der Waals surface area contributed by atoms with E-state index in [0.29, 0.717) is 0 Å². The number of methoxy groups -OCH3 is 1. The van der Waals surface area contributed by atoms with Gasteiger partial charge in [-0.1, -0.05) is 42.5 Å². The van der Waals surface area contributed by atoms with Crippen LogP contribution in [0.3, 0.4) is 0 Å². The van der Waals surface area contributed by atoms with E-state index in [-0.39, 0.29) is 12.5 Å². The van der Waals surface area contributed by atoms with Crippen LogP contribution < -0.4 is 0 Å². The molecule has 3 aromatic rings. The second-order valence-corrected chi connectivity index (χ2v) is 8.25. The normalized spacial score (nSPS) is 13.7. The van der Waals surface area contributed by atoms with Crippen LogP contribution in [0.5, 0.6) is 0 Å². The highest BCUT2D eigenvalue weighted by molar-refractivity contribution is 14.1. The standard InChI is InChI=1S/C21H19IN2O2S/c1-26-19(25)13-24-18-8-7-15(22)11-17(18)16-9-10-23(21(27)20(16)24)12-14-5-3-2-4-6-14/h2-8,11H,9-10,12-13H2,1H3. The lowest BCUT2D eigenvalue weighted by atomic mass is 10.0. The van der Waals surface area contributed by atoms with Gasteiger partial charge in [0.25, 0.3) is 0 Å². The van der Waals surface area contributed by atoms with Gasteiger partial charge in [0, 0.05) is 27.6 Å². The van der Waals surface area contributed by atoms with Crippen LogP contribution >= 0.6 is 34.8 Å². The Morgan fingerprint density at radius 3 is 2.74 bits per heavy atom. The van der Waals surface area contributed by atoms with Crippen LogP contribution in [0, 0.1) is 3.57 Å². The number of carbonyl (C=O) groups is 1. The molecule has 6 heteroatoms. The van der Waals surface area contributed by atoms with Crippen LogP contribution in [0.2, 0.25) is 0 Å². The van der Waals surface area contributed by atoms with Crippen molar-refractivity contribution in [1.29, 1.82) is 0 Å². The molecule has 4 nitrogen and oxygen atoms in total. The highest BCUT2D eigenvalue weighted by Crippen LogP contribution is 2.33. The molecule has 2 heterocycles. The van der Waals surface area contributed by atoms with Crippen LogP contribution in [0.1, 0.15) is 16.8 Å². The van der Waals surface area contributed by atoms with Crippen LogP contribution in [-0.2, 0) is 29.0 Å². The molecule has 0 amide bonds. The molecule has 4 rings (SSSR count). The minimum absolute atomic E-state index is 0.169. The van der Waals surface area contributed by atoms with E-state index in [1.165, 1.54) is 27.2 Å². The van der Waals surface area contributed by atoms with E-state index in [0.717, 1.165) is 35.7 Å². The Bertz CT molecular complexity index is 1030. The summed E-state index contributed by atoms with van der Waals surface area (Å²) in [7, 11) is 1.42. The molecule has 0 saturated heterocycles. The smallest absolute Gasteiger partial charge is 0.325 e. The van der Waals surface area contributed by atoms with Crippen molar-refractivity contribution in [3.8, 4) is 0 Å². The molecule has 138 valence electrons. The van der Waals surface area contributed by atoms with Crippen molar-refractivity contribution in [2.75, 3.05) is 13.7 Å². The van der Waals surface area contributed by atoms with Gasteiger partial charge in [0.2, 0.25) is 0 Å². The van der Waals surface area contributed by atoms with Gasteiger partial charge in [0.1, 0.15) is 11.5 Å². The van der Waals surface area contributed by atoms with Gasteiger partial charge in [-0.3, -0.25) is 4.79 Å². The van der Waals surface area contributed by atoms with Crippen molar-refractivity contribution < 1.29 is 9.53 Å². The number of nitrogens with zero attached hydrogens (tertiary/aromatic N) is 2. The zero-order valence-electron chi connectivity index (χ0n) is 14.9. The Balaban J connectivity index is 1.79. The lowest BCUT2D eigenvalue weighted by Gasteiger charge is -2.31. The number of thiocarbonyl (C=S) groups is 1. The second kappa shape index (κ2) is 7.59. The fraction of sp³-hybridized carbons (Fsp3) is 0.238. The summed E-state index contributed by atoms with van der Waals surface area (Å²) in [6.07, 6.45) is 0.910. The average Bonchev–Trinajstić information content (AvgIpc) is 2.98. The van der Waals surface area contributed by atoms with Crippen molar-refractivity contribution in [2.24, 2.45) is 0 Å². The summed E-state index contributed by atoms with van der Waals surface area (Å²) in [6, 6.07) is 16.7. The molecule has 0 saturated carbocycles. The summed E-state index contributed by atoms with van der Waals surface area (Å²) < 4.78 is 8.12. The third-order valence-corrected chi connectivity index (χ3v) is 6.11. The Kier molecular flexibility index (Phi) is 5.19. The van der Waals surface area contributed by atoms with Gasteiger partial charge in [-0.15, -0.1) is 0 Å². The average molecular weight is 490 g/mol. The SMILES string of the molecule is COC(=O)Cn1c2c(c3cc(I)ccc31)CCN(Cc1ccccc1)C2=S. The molecule has 0 aliphatic carbocycles. The largest absolute Gasteiger partial charge is 0.468 e. The molecule has 1 aromatic heterocycles. The number of ether oxygens (including phenoxy) is 1. The maximum atomic E-state index is 12.1. The quantitative estimate of drug-likeness (QED) is 0.313. The van der Waals surface area contributed by atoms with Crippen LogP contribution in [-0.4, -0.2) is 34.1 Å². The first-order valence-electron chi connectivity index (χ1n) is 8.79. The zero-order valence-corrected chi connectivity index (χ0v) is 17.9. The second-order valence-electron chi connectivity index (χ2n) is 6.61. The Morgan fingerprint density at radius 1 is 1.22 bits per heavy atom. The highest BCUT2D eigenvalue weighted by atomic mass is 127. The fourth-order valence-electron chi connectivity index (χ4n) is 3.70. The first kappa shape index (κ1) is 18.4. The summed E-state index contributed by atoms with van der Waals surface area (Å²) in [4.78, 5) is 15.1. The van der Waals surface area contributed by atoms with Crippen molar-refractivity contribution in [2.45, 2.75) is 19.5 Å². The monoisotopic (exact) mass is 490 g/mol. The molecule has 0 bridgehead atoms. The zero-order chi connectivity index (χ0) is 19.0. The molecular formula is C21H19IN2O2S. The number of hydrogen-bond acceptors (Lipinski definition) is 3. The Hall–Kier alpha value is -1.93. The molecule has 27 heavy (non-hydrogen) atoms. The van der Waals surface area contributed by atoms with E-state index in [2.05, 4.69) is 57.8 Å². The molecule has 2 aromatic carbocycles. The van der Waals surface area contributed by atoms with Crippen molar-refractivity contribution >= 4 is 56.7 Å². The number of halogens is 1. The first-order chi connectivity index (χ1) is 13.1. The van der Waals surface area contributed by atoms with Gasteiger partial charge < -0.3 is 14.2 Å².